The van der Waals surface area contributed by atoms with Crippen LogP contribution in [0.1, 0.15) is 15.9 Å². The fourth-order valence-corrected chi connectivity index (χ4v) is 2.90. The Kier molecular flexibility index (Phi) is 11.8. The van der Waals surface area contributed by atoms with Gasteiger partial charge in [0.2, 0.25) is 5.96 Å². The molecule has 1 aliphatic heterocycles. The first-order valence-electron chi connectivity index (χ1n) is 9.86. The van der Waals surface area contributed by atoms with Crippen molar-refractivity contribution in [3.63, 3.8) is 0 Å². The number of piperazine rings is 1. The summed E-state index contributed by atoms with van der Waals surface area (Å²) in [6.45, 7) is 5.61. The van der Waals surface area contributed by atoms with Gasteiger partial charge in [0.25, 0.3) is 5.91 Å². The lowest BCUT2D eigenvalue weighted by Gasteiger charge is -2.36. The van der Waals surface area contributed by atoms with Gasteiger partial charge in [-0.3, -0.25) is 20.1 Å². The molecule has 0 spiro atoms. The van der Waals surface area contributed by atoms with Crippen molar-refractivity contribution in [2.75, 3.05) is 66.7 Å². The second kappa shape index (κ2) is 13.8. The van der Waals surface area contributed by atoms with Crippen molar-refractivity contribution in [3.05, 3.63) is 35.1 Å². The lowest BCUT2D eigenvalue weighted by Crippen LogP contribution is -2.55. The maximum Gasteiger partial charge on any atom is 0.254 e. The minimum atomic E-state index is -0.375. The summed E-state index contributed by atoms with van der Waals surface area (Å²) < 4.78 is 23.8. The van der Waals surface area contributed by atoms with Crippen molar-refractivity contribution in [1.29, 1.82) is 0 Å². The molecule has 0 radical (unpaired) electrons. The van der Waals surface area contributed by atoms with E-state index in [4.69, 9.17) is 15.2 Å². The Morgan fingerprint density at radius 1 is 1.10 bits per heavy atom. The fraction of sp³-hybridized carbons (Fsp3) is 0.550. The Morgan fingerprint density at radius 3 is 2.26 bits per heavy atom. The molecule has 1 heterocycles. The summed E-state index contributed by atoms with van der Waals surface area (Å²) in [6.07, 6.45) is 0. The predicted octanol–water partition coefficient (Wildman–Crippen LogP) is 0.867. The molecule has 1 aromatic carbocycles. The molecule has 9 nitrogen and oxygen atoms in total. The molecular weight excluding hydrogens is 427 g/mol. The predicted molar refractivity (Wildman–Crippen MR) is 122 cm³/mol. The van der Waals surface area contributed by atoms with Crippen molar-refractivity contribution in [2.24, 2.45) is 15.7 Å². The van der Waals surface area contributed by atoms with Gasteiger partial charge < -0.3 is 25.0 Å². The molecule has 174 valence electrons. The number of hydrogen-bond donors (Lipinski definition) is 2. The van der Waals surface area contributed by atoms with Crippen molar-refractivity contribution in [2.45, 2.75) is 6.92 Å². The number of rotatable bonds is 7. The number of carbonyl (C=O) groups excluding carboxylic acids is 1. The lowest BCUT2D eigenvalue weighted by atomic mass is 10.1. The molecule has 1 aliphatic rings. The molecule has 0 saturated carbocycles. The molecule has 1 aromatic rings. The van der Waals surface area contributed by atoms with Gasteiger partial charge in [-0.25, -0.2) is 4.39 Å². The number of methoxy groups -OCH3 is 2. The van der Waals surface area contributed by atoms with Crippen molar-refractivity contribution >= 4 is 30.2 Å². The molecule has 11 heteroatoms. The van der Waals surface area contributed by atoms with Crippen LogP contribution in [0.5, 0.6) is 0 Å². The third kappa shape index (κ3) is 8.31. The van der Waals surface area contributed by atoms with Gasteiger partial charge in [-0.05, 0) is 24.6 Å². The van der Waals surface area contributed by atoms with E-state index in [9.17, 15) is 9.18 Å². The van der Waals surface area contributed by atoms with E-state index in [1.807, 2.05) is 4.90 Å². The number of nitrogens with zero attached hydrogens (tertiary/aromatic N) is 4. The lowest BCUT2D eigenvalue weighted by molar-refractivity contribution is 0.0689. The van der Waals surface area contributed by atoms with E-state index in [1.165, 1.54) is 6.07 Å². The zero-order valence-corrected chi connectivity index (χ0v) is 19.1. The largest absolute Gasteiger partial charge is 0.383 e. The number of aryl methyl sites for hydroxylation is 1. The third-order valence-corrected chi connectivity index (χ3v) is 4.66. The summed E-state index contributed by atoms with van der Waals surface area (Å²) in [5.74, 6) is 0.274. The highest BCUT2D eigenvalue weighted by atomic mass is 35.5. The normalized spacial score (nSPS) is 15.0. The highest BCUT2D eigenvalue weighted by Gasteiger charge is 2.24. The molecule has 0 atom stereocenters. The maximum absolute atomic E-state index is 13.8. The van der Waals surface area contributed by atoms with Crippen molar-refractivity contribution in [3.8, 4) is 0 Å². The minimum Gasteiger partial charge on any atom is -0.383 e. The van der Waals surface area contributed by atoms with Crippen LogP contribution in [0, 0.1) is 12.7 Å². The van der Waals surface area contributed by atoms with Crippen LogP contribution in [-0.2, 0) is 9.47 Å². The first kappa shape index (κ1) is 26.6. The molecule has 1 fully saturated rings. The van der Waals surface area contributed by atoms with Gasteiger partial charge in [0.1, 0.15) is 5.82 Å². The second-order valence-corrected chi connectivity index (χ2v) is 6.83. The zero-order chi connectivity index (χ0) is 21.9. The number of guanidine groups is 2. The van der Waals surface area contributed by atoms with Crippen LogP contribution in [0.25, 0.3) is 0 Å². The summed E-state index contributed by atoms with van der Waals surface area (Å²) in [5, 5.41) is 3.03. The smallest absolute Gasteiger partial charge is 0.254 e. The maximum atomic E-state index is 13.8. The number of aliphatic imine (C=N–C) groups is 2. The van der Waals surface area contributed by atoms with E-state index >= 15 is 0 Å². The number of nitrogens with one attached hydrogen (secondary N) is 1. The van der Waals surface area contributed by atoms with Gasteiger partial charge in [-0.15, -0.1) is 12.4 Å². The topological polar surface area (TPSA) is 105 Å². The molecule has 0 aromatic heterocycles. The first-order chi connectivity index (χ1) is 14.5. The summed E-state index contributed by atoms with van der Waals surface area (Å²) in [6, 6.07) is 4.57. The zero-order valence-electron chi connectivity index (χ0n) is 18.3. The van der Waals surface area contributed by atoms with Crippen LogP contribution < -0.4 is 11.1 Å². The van der Waals surface area contributed by atoms with Crippen LogP contribution in [-0.4, -0.2) is 94.3 Å². The van der Waals surface area contributed by atoms with Crippen LogP contribution >= 0.6 is 12.4 Å². The van der Waals surface area contributed by atoms with E-state index in [1.54, 1.807) is 38.2 Å². The third-order valence-electron chi connectivity index (χ3n) is 4.66. The summed E-state index contributed by atoms with van der Waals surface area (Å²) in [7, 11) is 3.21. The molecule has 0 bridgehead atoms. The van der Waals surface area contributed by atoms with Crippen molar-refractivity contribution in [1.82, 2.24) is 15.1 Å². The number of halogens is 2. The minimum absolute atomic E-state index is 0. The Hall–Kier alpha value is -2.43. The van der Waals surface area contributed by atoms with Crippen molar-refractivity contribution < 1.29 is 18.7 Å². The first-order valence-corrected chi connectivity index (χ1v) is 9.86. The van der Waals surface area contributed by atoms with E-state index in [0.29, 0.717) is 69.6 Å². The number of ether oxygens (including phenoxy) is 2. The quantitative estimate of drug-likeness (QED) is 0.357. The average molecular weight is 459 g/mol. The molecule has 31 heavy (non-hydrogen) atoms. The van der Waals surface area contributed by atoms with Crippen LogP contribution in [0.3, 0.4) is 0 Å². The summed E-state index contributed by atoms with van der Waals surface area (Å²) >= 11 is 0. The fourth-order valence-electron chi connectivity index (χ4n) is 2.90. The highest BCUT2D eigenvalue weighted by molar-refractivity contribution is 5.98. The summed E-state index contributed by atoms with van der Waals surface area (Å²) in [5.41, 5.74) is 6.82. The molecular formula is C20H32ClFN6O3. The second-order valence-electron chi connectivity index (χ2n) is 6.83. The Labute approximate surface area is 188 Å². The molecule has 3 N–H and O–H groups in total. The SMILES string of the molecule is COCCN=C(N)NC(=NCCOC)N1CCN(C(=O)c2ccc(C)c(F)c2)CC1.Cl. The van der Waals surface area contributed by atoms with E-state index in [-0.39, 0.29) is 30.1 Å². The molecule has 2 rings (SSSR count). The standard InChI is InChI=1S/C20H31FN6O3.ClH/c1-15-4-5-16(14-17(15)21)18(28)26-8-10-27(11-9-26)20(24-7-13-30-3)25-19(22)23-6-12-29-2;/h4-5,14H,6-13H2,1-3H3,(H3,22,23,24,25);1H. The van der Waals surface area contributed by atoms with Gasteiger partial charge in [0.15, 0.2) is 5.96 Å². The average Bonchev–Trinajstić information content (AvgIpc) is 2.75. The molecule has 0 unspecified atom stereocenters. The van der Waals surface area contributed by atoms with E-state index in [2.05, 4.69) is 15.3 Å². The summed E-state index contributed by atoms with van der Waals surface area (Å²) in [4.78, 5) is 25.1. The van der Waals surface area contributed by atoms with Gasteiger partial charge >= 0.3 is 0 Å². The number of hydrogen-bond acceptors (Lipinski definition) is 5. The molecule has 1 saturated heterocycles. The van der Waals surface area contributed by atoms with Gasteiger partial charge in [0.05, 0.1) is 26.3 Å². The monoisotopic (exact) mass is 458 g/mol. The van der Waals surface area contributed by atoms with Gasteiger partial charge in [-0.2, -0.15) is 0 Å². The van der Waals surface area contributed by atoms with Gasteiger partial charge in [0, 0.05) is 46.0 Å². The van der Waals surface area contributed by atoms with Crippen LogP contribution in [0.2, 0.25) is 0 Å². The number of carbonyl (C=O) groups is 1. The number of benzene rings is 1. The Balaban J connectivity index is 0.00000480. The van der Waals surface area contributed by atoms with Crippen LogP contribution in [0.15, 0.2) is 28.2 Å². The highest BCUT2D eigenvalue weighted by Crippen LogP contribution is 2.13. The molecule has 1 amide bonds. The Bertz CT molecular complexity index is 769. The van der Waals surface area contributed by atoms with Gasteiger partial charge in [-0.1, -0.05) is 6.07 Å². The molecule has 0 aliphatic carbocycles. The number of amides is 1. The van der Waals surface area contributed by atoms with E-state index < -0.39 is 0 Å². The van der Waals surface area contributed by atoms with E-state index in [0.717, 1.165) is 0 Å². The number of nitrogens with two attached hydrogens (primary N) is 1. The van der Waals surface area contributed by atoms with Crippen LogP contribution in [0.4, 0.5) is 4.39 Å². The Morgan fingerprint density at radius 2 is 1.68 bits per heavy atom.